The number of non-ortho nitro benzene ring substituents is 1. The number of hydrogen-bond acceptors (Lipinski definition) is 6. The van der Waals surface area contributed by atoms with Crippen LogP contribution in [0.4, 0.5) is 11.4 Å². The van der Waals surface area contributed by atoms with Crippen LogP contribution in [0, 0.1) is 10.1 Å². The van der Waals surface area contributed by atoms with Crippen molar-refractivity contribution in [3.8, 4) is 5.75 Å². The molecule has 9 heteroatoms. The van der Waals surface area contributed by atoms with Gasteiger partial charge in [0, 0.05) is 17.7 Å². The second-order valence-corrected chi connectivity index (χ2v) is 9.28. The van der Waals surface area contributed by atoms with Crippen LogP contribution in [-0.2, 0) is 22.6 Å². The first-order valence-electron chi connectivity index (χ1n) is 12.2. The Morgan fingerprint density at radius 1 is 0.949 bits per heavy atom. The molecule has 39 heavy (non-hydrogen) atoms. The van der Waals surface area contributed by atoms with Crippen LogP contribution in [0.2, 0.25) is 0 Å². The van der Waals surface area contributed by atoms with Crippen LogP contribution in [0.15, 0.2) is 90.5 Å². The molecule has 1 aliphatic heterocycles. The van der Waals surface area contributed by atoms with Crippen LogP contribution in [0.25, 0.3) is 16.8 Å². The number of aryl methyl sites for hydroxylation is 1. The third-order valence-electron chi connectivity index (χ3n) is 6.47. The second kappa shape index (κ2) is 10.8. The number of fused-ring (bicyclic) bond motifs is 1. The van der Waals surface area contributed by atoms with E-state index in [1.807, 2.05) is 49.4 Å². The molecule has 0 bridgehead atoms. The van der Waals surface area contributed by atoms with E-state index in [1.54, 1.807) is 30.3 Å². The number of nitro groups is 1. The number of carbonyl (C=O) groups is 2. The van der Waals surface area contributed by atoms with Crippen molar-refractivity contribution < 1.29 is 19.2 Å². The molecule has 4 aromatic carbocycles. The summed E-state index contributed by atoms with van der Waals surface area (Å²) in [4.78, 5) is 38.4. The first-order chi connectivity index (χ1) is 18.9. The van der Waals surface area contributed by atoms with Gasteiger partial charge in [-0.3, -0.25) is 29.9 Å². The predicted molar refractivity (Wildman–Crippen MR) is 153 cm³/mol. The molecule has 0 atom stereocenters. The molecule has 2 amide bonds. The summed E-state index contributed by atoms with van der Waals surface area (Å²) in [5, 5.41) is 15.3. The van der Waals surface area contributed by atoms with Crippen LogP contribution < -0.4 is 15.0 Å². The number of nitrogens with zero attached hydrogens (tertiary/aromatic N) is 2. The van der Waals surface area contributed by atoms with Gasteiger partial charge >= 0.3 is 0 Å². The fourth-order valence-corrected chi connectivity index (χ4v) is 4.62. The minimum absolute atomic E-state index is 0.0106. The molecule has 0 spiro atoms. The Kier molecular flexibility index (Phi) is 7.16. The zero-order valence-corrected chi connectivity index (χ0v) is 21.7. The molecule has 1 fully saturated rings. The van der Waals surface area contributed by atoms with Gasteiger partial charge in [-0.15, -0.1) is 0 Å². The minimum atomic E-state index is -0.597. The van der Waals surface area contributed by atoms with Crippen molar-refractivity contribution in [1.29, 1.82) is 0 Å². The maximum absolute atomic E-state index is 13.6. The molecule has 4 aromatic rings. The summed E-state index contributed by atoms with van der Waals surface area (Å²) in [6.45, 7) is 2.17. The Hall–Kier alpha value is -4.89. The molecule has 0 saturated carbocycles. The maximum Gasteiger partial charge on any atom is 0.270 e. The summed E-state index contributed by atoms with van der Waals surface area (Å²) in [5.41, 5.74) is 2.86. The van der Waals surface area contributed by atoms with Crippen LogP contribution in [0.1, 0.15) is 23.6 Å². The summed E-state index contributed by atoms with van der Waals surface area (Å²) >= 11 is 5.34. The van der Waals surface area contributed by atoms with Gasteiger partial charge in [-0.05, 0) is 76.9 Å². The van der Waals surface area contributed by atoms with Gasteiger partial charge in [0.1, 0.15) is 17.9 Å². The molecule has 8 nitrogen and oxygen atoms in total. The van der Waals surface area contributed by atoms with E-state index >= 15 is 0 Å². The Morgan fingerprint density at radius 2 is 1.64 bits per heavy atom. The lowest BCUT2D eigenvalue weighted by atomic mass is 9.99. The largest absolute Gasteiger partial charge is 0.488 e. The van der Waals surface area contributed by atoms with Crippen LogP contribution in [0.3, 0.4) is 0 Å². The molecular weight excluding hydrogens is 514 g/mol. The highest BCUT2D eigenvalue weighted by Gasteiger charge is 2.34. The Labute approximate surface area is 229 Å². The number of hydrogen-bond donors (Lipinski definition) is 1. The summed E-state index contributed by atoms with van der Waals surface area (Å²) in [6.07, 6.45) is 2.38. The van der Waals surface area contributed by atoms with Gasteiger partial charge in [0.2, 0.25) is 0 Å². The summed E-state index contributed by atoms with van der Waals surface area (Å²) in [6, 6.07) is 24.8. The summed E-state index contributed by atoms with van der Waals surface area (Å²) in [5.74, 6) is -0.685. The number of ether oxygens (including phenoxy) is 1. The van der Waals surface area contributed by atoms with E-state index in [4.69, 9.17) is 17.0 Å². The average Bonchev–Trinajstić information content (AvgIpc) is 2.95. The molecular formula is C30H23N3O5S. The van der Waals surface area contributed by atoms with Crippen molar-refractivity contribution in [1.82, 2.24) is 5.32 Å². The van der Waals surface area contributed by atoms with E-state index in [-0.39, 0.29) is 23.0 Å². The lowest BCUT2D eigenvalue weighted by Gasteiger charge is -2.29. The fourth-order valence-electron chi connectivity index (χ4n) is 4.34. The number of nitrogens with one attached hydrogen (secondary N) is 1. The third kappa shape index (κ3) is 5.25. The first-order valence-corrected chi connectivity index (χ1v) is 12.6. The topological polar surface area (TPSA) is 102 Å². The lowest BCUT2D eigenvalue weighted by Crippen LogP contribution is -2.54. The van der Waals surface area contributed by atoms with Gasteiger partial charge in [-0.2, -0.15) is 0 Å². The Bertz CT molecular complexity index is 1650. The molecule has 1 saturated heterocycles. The normalized spacial score (nSPS) is 14.5. The van der Waals surface area contributed by atoms with Crippen molar-refractivity contribution in [3.05, 3.63) is 117 Å². The predicted octanol–water partition coefficient (Wildman–Crippen LogP) is 5.72. The SMILES string of the molecule is CCc1ccc(N2C(=O)/C(=C/c3c(OCc4ccc([N+](=O)[O-])cc4)ccc4ccccc34)C(=O)NC2=S)cc1. The number of thiocarbonyl (C=S) groups is 1. The van der Waals surface area contributed by atoms with E-state index in [1.165, 1.54) is 23.1 Å². The van der Waals surface area contributed by atoms with Gasteiger partial charge in [-0.1, -0.05) is 49.4 Å². The number of nitro benzene ring substituents is 1. The quantitative estimate of drug-likeness (QED) is 0.106. The van der Waals surface area contributed by atoms with Crippen LogP contribution >= 0.6 is 12.2 Å². The van der Waals surface area contributed by atoms with Gasteiger partial charge in [0.15, 0.2) is 5.11 Å². The third-order valence-corrected chi connectivity index (χ3v) is 6.75. The highest BCUT2D eigenvalue weighted by molar-refractivity contribution is 7.80. The fraction of sp³-hybridized carbons (Fsp3) is 0.100. The van der Waals surface area contributed by atoms with Gasteiger partial charge in [0.25, 0.3) is 17.5 Å². The highest BCUT2D eigenvalue weighted by atomic mass is 32.1. The standard InChI is InChI=1S/C30H23N3O5S/c1-2-19-7-12-22(13-8-19)32-29(35)26(28(34)31-30(32)39)17-25-24-6-4-3-5-21(24)11-16-27(25)38-18-20-9-14-23(15-10-20)33(36)37/h3-17H,2,18H2,1H3,(H,31,34,39)/b26-17+. The molecule has 1 heterocycles. The molecule has 0 aliphatic carbocycles. The first kappa shape index (κ1) is 25.7. The molecule has 5 rings (SSSR count). The van der Waals surface area contributed by atoms with Crippen molar-refractivity contribution in [2.75, 3.05) is 4.90 Å². The number of rotatable bonds is 7. The molecule has 1 N–H and O–H groups in total. The lowest BCUT2D eigenvalue weighted by molar-refractivity contribution is -0.384. The summed E-state index contributed by atoms with van der Waals surface area (Å²) in [7, 11) is 0. The van der Waals surface area contributed by atoms with E-state index in [0.29, 0.717) is 17.0 Å². The molecule has 0 radical (unpaired) electrons. The van der Waals surface area contributed by atoms with Gasteiger partial charge < -0.3 is 4.74 Å². The highest BCUT2D eigenvalue weighted by Crippen LogP contribution is 2.32. The number of amides is 2. The maximum atomic E-state index is 13.6. The zero-order chi connectivity index (χ0) is 27.5. The molecule has 0 aromatic heterocycles. The van der Waals surface area contributed by atoms with Gasteiger partial charge in [0.05, 0.1) is 10.6 Å². The molecule has 0 unspecified atom stereocenters. The Balaban J connectivity index is 1.53. The number of carbonyl (C=O) groups excluding carboxylic acids is 2. The van der Waals surface area contributed by atoms with Crippen molar-refractivity contribution in [2.24, 2.45) is 0 Å². The van der Waals surface area contributed by atoms with Crippen LogP contribution in [0.5, 0.6) is 5.75 Å². The Morgan fingerprint density at radius 3 is 2.33 bits per heavy atom. The smallest absolute Gasteiger partial charge is 0.270 e. The van der Waals surface area contributed by atoms with E-state index in [2.05, 4.69) is 5.32 Å². The number of anilines is 1. The van der Waals surface area contributed by atoms with E-state index in [0.717, 1.165) is 28.3 Å². The summed E-state index contributed by atoms with van der Waals surface area (Å²) < 4.78 is 6.10. The van der Waals surface area contributed by atoms with Crippen molar-refractivity contribution in [2.45, 2.75) is 20.0 Å². The average molecular weight is 538 g/mol. The van der Waals surface area contributed by atoms with Crippen molar-refractivity contribution in [3.63, 3.8) is 0 Å². The van der Waals surface area contributed by atoms with E-state index < -0.39 is 16.7 Å². The monoisotopic (exact) mass is 537 g/mol. The molecule has 1 aliphatic rings. The zero-order valence-electron chi connectivity index (χ0n) is 20.9. The van der Waals surface area contributed by atoms with Gasteiger partial charge in [-0.25, -0.2) is 0 Å². The van der Waals surface area contributed by atoms with Crippen molar-refractivity contribution >= 4 is 57.4 Å². The molecule has 194 valence electrons. The minimum Gasteiger partial charge on any atom is -0.488 e. The van der Waals surface area contributed by atoms with E-state index in [9.17, 15) is 19.7 Å². The van der Waals surface area contributed by atoms with Crippen LogP contribution in [-0.4, -0.2) is 21.9 Å². The number of benzene rings is 4. The second-order valence-electron chi connectivity index (χ2n) is 8.89.